The van der Waals surface area contributed by atoms with Crippen molar-refractivity contribution in [3.8, 4) is 17.0 Å². The summed E-state index contributed by atoms with van der Waals surface area (Å²) in [6.45, 7) is 4.90. The van der Waals surface area contributed by atoms with Gasteiger partial charge in [-0.25, -0.2) is 0 Å². The Labute approximate surface area is 204 Å². The van der Waals surface area contributed by atoms with Gasteiger partial charge in [0.05, 0.1) is 5.41 Å². The fraction of sp³-hybridized carbons (Fsp3) is 0.200. The van der Waals surface area contributed by atoms with Gasteiger partial charge in [0, 0.05) is 0 Å². The second-order valence-corrected chi connectivity index (χ2v) is 8.89. The maximum Gasteiger partial charge on any atom is 0.312 e. The quantitative estimate of drug-likeness (QED) is 0.396. The second-order valence-electron chi connectivity index (χ2n) is 8.19. The number of carboxylic acid groups (broad SMARTS) is 1. The molecule has 1 aromatic heterocycles. The van der Waals surface area contributed by atoms with E-state index in [-0.39, 0.29) is 6.61 Å². The molecule has 0 atom stereocenters. The van der Waals surface area contributed by atoms with E-state index in [1.807, 2.05) is 24.3 Å². The second kappa shape index (κ2) is 10.5. The van der Waals surface area contributed by atoms with Crippen LogP contribution in [0.3, 0.4) is 0 Å². The number of ether oxygens (including phenoxy) is 1. The molecular weight excluding hydrogens is 484 g/mol. The number of aliphatic carboxylic acids is 1. The number of aromatic nitrogens is 1. The SMILES string of the molecule is CC(C)(COc1ccc(-c2ccc([CH-]N[C](=[V])c3cccc(C(F)(F)F)c3)cn2)cc1)C(=O)O. The van der Waals surface area contributed by atoms with Crippen LogP contribution in [-0.2, 0) is 27.9 Å². The van der Waals surface area contributed by atoms with Gasteiger partial charge < -0.3 is 5.11 Å². The molecule has 0 saturated heterocycles. The first-order chi connectivity index (χ1) is 16.0. The van der Waals surface area contributed by atoms with Gasteiger partial charge in [-0.1, -0.05) is 0 Å². The van der Waals surface area contributed by atoms with Crippen molar-refractivity contribution in [1.82, 2.24) is 10.3 Å². The number of nitrogens with one attached hydrogen (secondary N) is 1. The summed E-state index contributed by atoms with van der Waals surface area (Å²) in [5.74, 6) is -0.368. The third-order valence-electron chi connectivity index (χ3n) is 4.95. The summed E-state index contributed by atoms with van der Waals surface area (Å²) in [6.07, 6.45) is -2.75. The van der Waals surface area contributed by atoms with Crippen molar-refractivity contribution in [2.24, 2.45) is 5.41 Å². The molecule has 0 radical (unpaired) electrons. The van der Waals surface area contributed by atoms with Gasteiger partial charge in [-0.05, 0) is 13.8 Å². The molecule has 9 heteroatoms. The van der Waals surface area contributed by atoms with Gasteiger partial charge in [-0.2, -0.15) is 0 Å². The molecule has 0 unspecified atom stereocenters. The molecule has 2 aromatic carbocycles. The van der Waals surface area contributed by atoms with Crippen LogP contribution in [0.2, 0.25) is 0 Å². The summed E-state index contributed by atoms with van der Waals surface area (Å²) in [6, 6.07) is 15.9. The Balaban J connectivity index is 1.58. The van der Waals surface area contributed by atoms with Gasteiger partial charge in [-0.15, -0.1) is 0 Å². The van der Waals surface area contributed by atoms with Crippen LogP contribution in [0.25, 0.3) is 11.3 Å². The minimum atomic E-state index is -4.40. The minimum absolute atomic E-state index is 0.0487. The number of hydrogen-bond acceptors (Lipinski definition) is 4. The van der Waals surface area contributed by atoms with E-state index >= 15 is 0 Å². The fourth-order valence-corrected chi connectivity index (χ4v) is 3.10. The van der Waals surface area contributed by atoms with E-state index in [0.717, 1.165) is 29.0 Å². The van der Waals surface area contributed by atoms with Gasteiger partial charge in [0.1, 0.15) is 6.61 Å². The molecule has 3 aromatic rings. The normalized spacial score (nSPS) is 11.6. The number of pyridine rings is 1. The van der Waals surface area contributed by atoms with Crippen LogP contribution in [0.5, 0.6) is 5.75 Å². The van der Waals surface area contributed by atoms with Crippen LogP contribution in [-0.4, -0.2) is 27.0 Å². The molecule has 0 amide bonds. The number of benzene rings is 2. The number of halogens is 3. The first-order valence-corrected chi connectivity index (χ1v) is 10.9. The number of hydrogen-bond donors (Lipinski definition) is 2. The van der Waals surface area contributed by atoms with Crippen molar-refractivity contribution in [3.63, 3.8) is 0 Å². The van der Waals surface area contributed by atoms with E-state index in [1.165, 1.54) is 6.07 Å². The average Bonchev–Trinajstić information content (AvgIpc) is 2.81. The molecule has 0 bridgehead atoms. The molecule has 3 rings (SSSR count). The molecule has 0 aliphatic carbocycles. The largest absolute Gasteiger partial charge is 0.481 e. The molecule has 0 fully saturated rings. The zero-order valence-corrected chi connectivity index (χ0v) is 19.8. The van der Waals surface area contributed by atoms with Crippen molar-refractivity contribution in [2.45, 2.75) is 20.0 Å². The summed E-state index contributed by atoms with van der Waals surface area (Å²) in [7, 11) is 0. The van der Waals surface area contributed by atoms with E-state index < -0.39 is 23.1 Å². The third kappa shape index (κ3) is 6.73. The maximum absolute atomic E-state index is 12.9. The van der Waals surface area contributed by atoms with Crippen molar-refractivity contribution in [3.05, 3.63) is 90.1 Å². The van der Waals surface area contributed by atoms with Gasteiger partial charge >= 0.3 is 169 Å². The zero-order chi connectivity index (χ0) is 24.9. The maximum atomic E-state index is 12.9. The number of rotatable bonds is 9. The summed E-state index contributed by atoms with van der Waals surface area (Å²) in [5, 5.41) is 12.2. The van der Waals surface area contributed by atoms with Gasteiger partial charge in [0.25, 0.3) is 0 Å². The topological polar surface area (TPSA) is 71.5 Å². The number of carboxylic acids is 1. The summed E-state index contributed by atoms with van der Waals surface area (Å²) >= 11 is 2.23. The Kier molecular flexibility index (Phi) is 7.87. The molecule has 0 saturated carbocycles. The van der Waals surface area contributed by atoms with Crippen molar-refractivity contribution in [2.75, 3.05) is 6.61 Å². The third-order valence-corrected chi connectivity index (χ3v) is 5.56. The Morgan fingerprint density at radius 3 is 2.41 bits per heavy atom. The molecule has 0 aliphatic heterocycles. The summed E-state index contributed by atoms with van der Waals surface area (Å²) in [5.41, 5.74) is 1.05. The molecule has 0 aliphatic rings. The standard InChI is InChI=1S/C25H22F3N2O3.V/c1-24(2,23(31)32)16-33-21-9-7-19(8-10-21)22-11-6-18(15-30-22)14-29-13-17-4-3-5-20(12-17)25(26,27)28;/h3-12,14-15,29H,16H2,1-2H3,(H,31,32);/q-1;. The number of carbonyl (C=O) groups is 1. The smallest absolute Gasteiger partial charge is 0.312 e. The van der Waals surface area contributed by atoms with Crippen LogP contribution >= 0.6 is 0 Å². The Morgan fingerprint density at radius 1 is 1.12 bits per heavy atom. The van der Waals surface area contributed by atoms with Crippen LogP contribution in [0.15, 0.2) is 66.9 Å². The van der Waals surface area contributed by atoms with Crippen molar-refractivity contribution in [1.29, 1.82) is 0 Å². The Bertz CT molecular complexity index is 1160. The van der Waals surface area contributed by atoms with E-state index in [4.69, 9.17) is 9.84 Å². The van der Waals surface area contributed by atoms with Crippen LogP contribution < -0.4 is 10.1 Å². The Morgan fingerprint density at radius 2 is 1.82 bits per heavy atom. The van der Waals surface area contributed by atoms with Gasteiger partial charge in [0.15, 0.2) is 0 Å². The van der Waals surface area contributed by atoms with Crippen LogP contribution in [0.1, 0.15) is 30.5 Å². The van der Waals surface area contributed by atoms with Crippen LogP contribution in [0, 0.1) is 12.0 Å². The summed E-state index contributed by atoms with van der Waals surface area (Å²) < 4.78 is 44.8. The van der Waals surface area contributed by atoms with E-state index in [2.05, 4.69) is 27.3 Å². The predicted molar refractivity (Wildman–Crippen MR) is 119 cm³/mol. The van der Waals surface area contributed by atoms with E-state index in [0.29, 0.717) is 15.7 Å². The first kappa shape index (κ1) is 25.6. The molecule has 177 valence electrons. The van der Waals surface area contributed by atoms with E-state index in [1.54, 1.807) is 44.8 Å². The van der Waals surface area contributed by atoms with Gasteiger partial charge in [-0.3, -0.25) is 4.79 Å². The van der Waals surface area contributed by atoms with Crippen LogP contribution in [0.4, 0.5) is 13.2 Å². The molecule has 34 heavy (non-hydrogen) atoms. The first-order valence-electron chi connectivity index (χ1n) is 10.2. The van der Waals surface area contributed by atoms with Crippen molar-refractivity contribution >= 4 is 10.3 Å². The Hall–Kier alpha value is -3.07. The van der Waals surface area contributed by atoms with E-state index in [9.17, 15) is 18.0 Å². The molecule has 1 heterocycles. The van der Waals surface area contributed by atoms with Gasteiger partial charge in [0.2, 0.25) is 0 Å². The van der Waals surface area contributed by atoms with Crippen molar-refractivity contribution < 1.29 is 44.8 Å². The average molecular weight is 506 g/mol. The number of nitrogens with zero attached hydrogens (tertiary/aromatic N) is 1. The molecular formula is C25H22F3N2O3V-. The fourth-order valence-electron chi connectivity index (χ4n) is 2.79. The monoisotopic (exact) mass is 506 g/mol. The predicted octanol–water partition coefficient (Wildman–Crippen LogP) is 5.08. The molecule has 5 nitrogen and oxygen atoms in total. The zero-order valence-electron chi connectivity index (χ0n) is 18.4. The molecule has 2 N–H and O–H groups in total. The summed E-state index contributed by atoms with van der Waals surface area (Å²) in [4.78, 5) is 15.6. The molecule has 0 spiro atoms. The number of alkyl halides is 3. The minimum Gasteiger partial charge on any atom is -0.481 e.